The average molecular weight is 396 g/mol. The van der Waals surface area contributed by atoms with Gasteiger partial charge in [0.05, 0.1) is 15.2 Å². The quantitative estimate of drug-likeness (QED) is 0.663. The van der Waals surface area contributed by atoms with Gasteiger partial charge in [-0.2, -0.15) is 0 Å². The lowest BCUT2D eigenvalue weighted by Crippen LogP contribution is -2.20. The summed E-state index contributed by atoms with van der Waals surface area (Å²) in [7, 11) is 0. The Balaban J connectivity index is 1.71. The minimum atomic E-state index is -0.290. The number of aryl methyl sites for hydroxylation is 2. The lowest BCUT2D eigenvalue weighted by atomic mass is 10.2. The first-order valence-corrected chi connectivity index (χ1v) is 8.95. The van der Waals surface area contributed by atoms with Crippen molar-refractivity contribution in [3.05, 3.63) is 45.4 Å². The van der Waals surface area contributed by atoms with Gasteiger partial charge < -0.3 is 15.8 Å². The number of nitrogens with one attached hydrogen (secondary N) is 1. The molecular weight excluding hydrogens is 381 g/mol. The van der Waals surface area contributed by atoms with Crippen LogP contribution in [0.2, 0.25) is 10.0 Å². The molecule has 8 heteroatoms. The normalized spacial score (nSPS) is 10.9. The molecule has 0 aliphatic rings. The Bertz CT molecular complexity index is 949. The number of rotatable bonds is 4. The van der Waals surface area contributed by atoms with Crippen LogP contribution in [0.1, 0.15) is 11.1 Å². The predicted octanol–water partition coefficient (Wildman–Crippen LogP) is 4.82. The van der Waals surface area contributed by atoms with Crippen LogP contribution in [0, 0.1) is 13.8 Å². The number of ether oxygens (including phenoxy) is 1. The molecule has 130 valence electrons. The van der Waals surface area contributed by atoms with Crippen molar-refractivity contribution in [3.8, 4) is 5.75 Å². The molecule has 1 amide bonds. The Morgan fingerprint density at radius 2 is 2.00 bits per heavy atom. The Kier molecular flexibility index (Phi) is 5.03. The maximum Gasteiger partial charge on any atom is 0.262 e. The van der Waals surface area contributed by atoms with Crippen molar-refractivity contribution in [1.82, 2.24) is 4.98 Å². The number of fused-ring (bicyclic) bond motifs is 1. The summed E-state index contributed by atoms with van der Waals surface area (Å²) in [4.78, 5) is 16.5. The number of benzene rings is 2. The maximum atomic E-state index is 12.2. The van der Waals surface area contributed by atoms with Crippen molar-refractivity contribution in [2.45, 2.75) is 13.8 Å². The summed E-state index contributed by atoms with van der Waals surface area (Å²) in [6.45, 7) is 3.57. The number of carbonyl (C=O) groups excluding carboxylic acids is 1. The van der Waals surface area contributed by atoms with Crippen LogP contribution in [-0.4, -0.2) is 17.5 Å². The molecule has 0 fully saturated rings. The highest BCUT2D eigenvalue weighted by molar-refractivity contribution is 7.22. The van der Waals surface area contributed by atoms with E-state index in [4.69, 9.17) is 33.7 Å². The van der Waals surface area contributed by atoms with Crippen molar-refractivity contribution in [3.63, 3.8) is 0 Å². The number of nitrogens with zero attached hydrogens (tertiary/aromatic N) is 1. The van der Waals surface area contributed by atoms with Gasteiger partial charge in [-0.25, -0.2) is 4.98 Å². The molecule has 3 rings (SSSR count). The van der Waals surface area contributed by atoms with Gasteiger partial charge >= 0.3 is 0 Å². The third-order valence-electron chi connectivity index (χ3n) is 3.53. The number of thiazole rings is 1. The number of hydrogen-bond donors (Lipinski definition) is 2. The third kappa shape index (κ3) is 3.98. The number of anilines is 2. The van der Waals surface area contributed by atoms with Crippen LogP contribution in [0.3, 0.4) is 0 Å². The number of carbonyl (C=O) groups is 1. The van der Waals surface area contributed by atoms with Crippen LogP contribution in [0.4, 0.5) is 10.8 Å². The maximum absolute atomic E-state index is 12.2. The van der Waals surface area contributed by atoms with E-state index in [1.165, 1.54) is 11.3 Å². The molecular formula is C17H15Cl2N3O2S. The van der Waals surface area contributed by atoms with Gasteiger partial charge in [-0.1, -0.05) is 34.5 Å². The molecule has 0 aliphatic heterocycles. The van der Waals surface area contributed by atoms with Crippen molar-refractivity contribution in [2.75, 3.05) is 17.7 Å². The molecule has 0 unspecified atom stereocenters. The average Bonchev–Trinajstić information content (AvgIpc) is 2.87. The fourth-order valence-electron chi connectivity index (χ4n) is 2.49. The molecule has 0 bridgehead atoms. The van der Waals surface area contributed by atoms with Crippen molar-refractivity contribution in [1.29, 1.82) is 0 Å². The van der Waals surface area contributed by atoms with Gasteiger partial charge in [0.25, 0.3) is 5.91 Å². The van der Waals surface area contributed by atoms with E-state index < -0.39 is 0 Å². The summed E-state index contributed by atoms with van der Waals surface area (Å²) in [5.74, 6) is 0.157. The summed E-state index contributed by atoms with van der Waals surface area (Å²) in [5.41, 5.74) is 8.96. The van der Waals surface area contributed by atoms with Gasteiger partial charge in [-0.3, -0.25) is 4.79 Å². The predicted molar refractivity (Wildman–Crippen MR) is 104 cm³/mol. The van der Waals surface area contributed by atoms with Gasteiger partial charge in [0, 0.05) is 10.7 Å². The molecule has 2 aromatic carbocycles. The van der Waals surface area contributed by atoms with Crippen molar-refractivity contribution < 1.29 is 9.53 Å². The Labute approximate surface area is 158 Å². The monoisotopic (exact) mass is 395 g/mol. The summed E-state index contributed by atoms with van der Waals surface area (Å²) >= 11 is 13.4. The molecule has 0 saturated carbocycles. The van der Waals surface area contributed by atoms with E-state index in [1.807, 2.05) is 26.0 Å². The van der Waals surface area contributed by atoms with E-state index in [1.54, 1.807) is 12.1 Å². The van der Waals surface area contributed by atoms with E-state index in [0.717, 1.165) is 21.3 Å². The molecule has 5 nitrogen and oxygen atoms in total. The highest BCUT2D eigenvalue weighted by Crippen LogP contribution is 2.32. The highest BCUT2D eigenvalue weighted by Gasteiger charge is 2.12. The number of nitrogen functional groups attached to an aromatic ring is 1. The van der Waals surface area contributed by atoms with Crippen LogP contribution in [-0.2, 0) is 4.79 Å². The number of halogens is 2. The zero-order chi connectivity index (χ0) is 18.1. The van der Waals surface area contributed by atoms with Crippen LogP contribution < -0.4 is 15.8 Å². The minimum absolute atomic E-state index is 0.163. The lowest BCUT2D eigenvalue weighted by molar-refractivity contribution is -0.118. The van der Waals surface area contributed by atoms with Gasteiger partial charge in [0.2, 0.25) is 0 Å². The van der Waals surface area contributed by atoms with Crippen LogP contribution >= 0.6 is 34.5 Å². The zero-order valence-corrected chi connectivity index (χ0v) is 15.9. The summed E-state index contributed by atoms with van der Waals surface area (Å²) in [6.07, 6.45) is 0. The molecule has 0 spiro atoms. The number of amides is 1. The Hall–Kier alpha value is -2.02. The fraction of sp³-hybridized carbons (Fsp3) is 0.176. The largest absolute Gasteiger partial charge is 0.482 e. The van der Waals surface area contributed by atoms with Crippen LogP contribution in [0.5, 0.6) is 5.75 Å². The molecule has 0 saturated heterocycles. The van der Waals surface area contributed by atoms with Crippen molar-refractivity contribution in [2.24, 2.45) is 0 Å². The molecule has 3 N–H and O–H groups in total. The molecule has 1 aromatic heterocycles. The first kappa shape index (κ1) is 17.8. The first-order valence-electron chi connectivity index (χ1n) is 7.38. The number of nitrogens with two attached hydrogens (primary N) is 1. The van der Waals surface area contributed by atoms with E-state index in [-0.39, 0.29) is 12.5 Å². The molecule has 0 radical (unpaired) electrons. The second-order valence-electron chi connectivity index (χ2n) is 5.56. The third-order valence-corrected chi connectivity index (χ3v) is 4.86. The summed E-state index contributed by atoms with van der Waals surface area (Å²) in [6, 6.07) is 7.00. The van der Waals surface area contributed by atoms with Gasteiger partial charge in [0.15, 0.2) is 11.7 Å². The van der Waals surface area contributed by atoms with E-state index in [0.29, 0.717) is 26.6 Å². The standard InChI is InChI=1S/C17H15Cl2N3O2S/c1-8-4-11(6-13-15(8)22-17(20)25-13)21-14(23)7-24-16-9(2)3-10(18)5-12(16)19/h3-6H,7H2,1-2H3,(H2,20,22)(H,21,23). The smallest absolute Gasteiger partial charge is 0.262 e. The molecule has 0 aliphatic carbocycles. The topological polar surface area (TPSA) is 77.2 Å². The van der Waals surface area contributed by atoms with Gasteiger partial charge in [-0.15, -0.1) is 0 Å². The van der Waals surface area contributed by atoms with Crippen LogP contribution in [0.15, 0.2) is 24.3 Å². The van der Waals surface area contributed by atoms with Crippen molar-refractivity contribution >= 4 is 61.5 Å². The number of hydrogen-bond acceptors (Lipinski definition) is 5. The SMILES string of the molecule is Cc1cc(Cl)cc(Cl)c1OCC(=O)Nc1cc(C)c2nc(N)sc2c1. The molecule has 3 aromatic rings. The van der Waals surface area contributed by atoms with Crippen LogP contribution in [0.25, 0.3) is 10.2 Å². The van der Waals surface area contributed by atoms with E-state index >= 15 is 0 Å². The highest BCUT2D eigenvalue weighted by atomic mass is 35.5. The molecule has 1 heterocycles. The fourth-order valence-corrected chi connectivity index (χ4v) is 3.99. The Morgan fingerprint density at radius 3 is 2.72 bits per heavy atom. The van der Waals surface area contributed by atoms with E-state index in [9.17, 15) is 4.79 Å². The minimum Gasteiger partial charge on any atom is -0.482 e. The van der Waals surface area contributed by atoms with E-state index in [2.05, 4.69) is 10.3 Å². The summed E-state index contributed by atoms with van der Waals surface area (Å²) < 4.78 is 6.47. The molecule has 0 atom stereocenters. The zero-order valence-electron chi connectivity index (χ0n) is 13.5. The second kappa shape index (κ2) is 7.07. The Morgan fingerprint density at radius 1 is 1.24 bits per heavy atom. The summed E-state index contributed by atoms with van der Waals surface area (Å²) in [5, 5.41) is 4.20. The van der Waals surface area contributed by atoms with Gasteiger partial charge in [0.1, 0.15) is 5.75 Å². The second-order valence-corrected chi connectivity index (χ2v) is 7.47. The number of aromatic nitrogens is 1. The van der Waals surface area contributed by atoms with Gasteiger partial charge in [-0.05, 0) is 49.2 Å². The first-order chi connectivity index (χ1) is 11.8. The molecule has 25 heavy (non-hydrogen) atoms. The lowest BCUT2D eigenvalue weighted by Gasteiger charge is -2.12.